The zero-order valence-electron chi connectivity index (χ0n) is 9.25. The maximum atomic E-state index is 12.6. The Morgan fingerprint density at radius 3 is 2.61 bits per heavy atom. The predicted molar refractivity (Wildman–Crippen MR) is 66.5 cm³/mol. The lowest BCUT2D eigenvalue weighted by Gasteiger charge is -2.09. The number of methoxy groups -OCH3 is 1. The summed E-state index contributed by atoms with van der Waals surface area (Å²) in [4.78, 5) is 33.1. The van der Waals surface area contributed by atoms with Crippen LogP contribution in [0.1, 0.15) is 20.7 Å². The van der Waals surface area contributed by atoms with Crippen molar-refractivity contribution in [2.24, 2.45) is 0 Å². The van der Waals surface area contributed by atoms with E-state index in [0.29, 0.717) is 0 Å². The van der Waals surface area contributed by atoms with Crippen molar-refractivity contribution in [3.63, 3.8) is 0 Å². The minimum absolute atomic E-state index is 0.00434. The van der Waals surface area contributed by atoms with Crippen LogP contribution in [0.15, 0.2) is 18.2 Å². The van der Waals surface area contributed by atoms with Gasteiger partial charge in [0.25, 0.3) is 8.15 Å². The Bertz CT molecular complexity index is 489. The molecule has 0 bridgehead atoms. The first-order valence-electron chi connectivity index (χ1n) is 4.60. The summed E-state index contributed by atoms with van der Waals surface area (Å²) in [6.45, 7) is 0. The largest absolute Gasteiger partial charge is 0.496 e. The van der Waals surface area contributed by atoms with Crippen LogP contribution in [0.3, 0.4) is 0 Å². The summed E-state index contributed by atoms with van der Waals surface area (Å²) in [6.07, 6.45) is 0.120. The lowest BCUT2D eigenvalue weighted by Crippen LogP contribution is -2.07. The molecule has 0 aliphatic rings. The van der Waals surface area contributed by atoms with E-state index in [1.807, 2.05) is 0 Å². The van der Waals surface area contributed by atoms with Crippen LogP contribution in [-0.2, 0) is 9.32 Å². The molecule has 0 saturated carbocycles. The van der Waals surface area contributed by atoms with Crippen LogP contribution in [0, 0.1) is 0 Å². The molecule has 18 heavy (non-hydrogen) atoms. The van der Waals surface area contributed by atoms with Crippen LogP contribution in [0.2, 0.25) is 0 Å². The van der Waals surface area contributed by atoms with Crippen LogP contribution >= 0.6 is 17.1 Å². The molecule has 0 N–H and O–H groups in total. The SMILES string of the molecule is COc1ccc(C(=O)C=O)cc1C(=O)OP(F)P. The number of Topliss-reactive ketones (excluding diaryl/α,β-unsaturated/α-hetero) is 1. The fourth-order valence-corrected chi connectivity index (χ4v) is 1.76. The summed E-state index contributed by atoms with van der Waals surface area (Å²) in [7, 11) is 0.575. The third kappa shape index (κ3) is 3.56. The van der Waals surface area contributed by atoms with Gasteiger partial charge in [-0.1, -0.05) is 0 Å². The number of carbonyl (C=O) groups is 3. The van der Waals surface area contributed by atoms with Crippen molar-refractivity contribution in [2.75, 3.05) is 7.11 Å². The molecule has 5 nitrogen and oxygen atoms in total. The molecule has 0 fully saturated rings. The van der Waals surface area contributed by atoms with E-state index in [1.165, 1.54) is 19.2 Å². The highest BCUT2D eigenvalue weighted by Crippen LogP contribution is 2.48. The first-order chi connectivity index (χ1) is 8.49. The third-order valence-electron chi connectivity index (χ3n) is 1.98. The normalized spacial score (nSPS) is 11.5. The standard InChI is InChI=1S/C10H9FO5P2/c1-15-9-3-2-6(8(13)5-12)4-7(9)10(14)16-18(11)17/h2-5H,17H2,1H3. The summed E-state index contributed by atoms with van der Waals surface area (Å²) in [5, 5.41) is 0. The van der Waals surface area contributed by atoms with Crippen molar-refractivity contribution in [2.45, 2.75) is 0 Å². The molecule has 0 aromatic heterocycles. The molecule has 8 heteroatoms. The highest BCUT2D eigenvalue weighted by atomic mass is 32.0. The summed E-state index contributed by atoms with van der Waals surface area (Å²) in [5.41, 5.74) is -0.109. The van der Waals surface area contributed by atoms with Crippen molar-refractivity contribution in [1.29, 1.82) is 0 Å². The van der Waals surface area contributed by atoms with Gasteiger partial charge in [-0.25, -0.2) is 4.79 Å². The molecular formula is C10H9FO5P2. The van der Waals surface area contributed by atoms with Crippen molar-refractivity contribution < 1.29 is 27.8 Å². The molecule has 0 radical (unpaired) electrons. The topological polar surface area (TPSA) is 69.7 Å². The number of ketones is 1. The van der Waals surface area contributed by atoms with Crippen molar-refractivity contribution in [1.82, 2.24) is 0 Å². The van der Waals surface area contributed by atoms with Gasteiger partial charge in [0, 0.05) is 5.56 Å². The predicted octanol–water partition coefficient (Wildman–Crippen LogP) is 2.31. The van der Waals surface area contributed by atoms with E-state index < -0.39 is 19.9 Å². The van der Waals surface area contributed by atoms with Crippen LogP contribution in [0.4, 0.5) is 4.20 Å². The van der Waals surface area contributed by atoms with Gasteiger partial charge in [0.2, 0.25) is 5.78 Å². The number of hydrogen-bond donors (Lipinski definition) is 0. The highest BCUT2D eigenvalue weighted by Gasteiger charge is 2.19. The maximum absolute atomic E-state index is 12.6. The zero-order chi connectivity index (χ0) is 13.7. The molecule has 2 unspecified atom stereocenters. The number of halogens is 1. The van der Waals surface area contributed by atoms with Gasteiger partial charge < -0.3 is 9.26 Å². The van der Waals surface area contributed by atoms with E-state index >= 15 is 0 Å². The molecular weight excluding hydrogens is 281 g/mol. The second-order valence-corrected chi connectivity index (χ2v) is 4.99. The monoisotopic (exact) mass is 290 g/mol. The maximum Gasteiger partial charge on any atom is 0.346 e. The molecule has 0 aliphatic carbocycles. The molecule has 0 saturated heterocycles. The number of aldehydes is 1. The van der Waals surface area contributed by atoms with Crippen molar-refractivity contribution in [3.05, 3.63) is 29.3 Å². The average molecular weight is 290 g/mol. The minimum atomic E-state index is -2.45. The van der Waals surface area contributed by atoms with E-state index in [-0.39, 0.29) is 23.2 Å². The van der Waals surface area contributed by atoms with Crippen LogP contribution in [0.5, 0.6) is 5.75 Å². The van der Waals surface area contributed by atoms with Crippen molar-refractivity contribution in [3.8, 4) is 5.75 Å². The fourth-order valence-electron chi connectivity index (χ4n) is 1.22. The number of hydrogen-bond acceptors (Lipinski definition) is 5. The number of ether oxygens (including phenoxy) is 1. The fraction of sp³-hybridized carbons (Fsp3) is 0.100. The molecule has 0 spiro atoms. The van der Waals surface area contributed by atoms with Gasteiger partial charge in [-0.15, -0.1) is 0 Å². The van der Waals surface area contributed by atoms with Gasteiger partial charge in [-0.3, -0.25) is 9.59 Å². The molecule has 2 atom stereocenters. The second-order valence-electron chi connectivity index (χ2n) is 3.05. The number of benzene rings is 1. The van der Waals surface area contributed by atoms with Gasteiger partial charge >= 0.3 is 5.97 Å². The first-order valence-corrected chi connectivity index (χ1v) is 7.37. The molecule has 0 heterocycles. The molecule has 1 aromatic carbocycles. The van der Waals surface area contributed by atoms with E-state index in [9.17, 15) is 18.6 Å². The Hall–Kier alpha value is -1.38. The van der Waals surface area contributed by atoms with E-state index in [1.54, 1.807) is 8.93 Å². The summed E-state index contributed by atoms with van der Waals surface area (Å²) < 4.78 is 21.9. The summed E-state index contributed by atoms with van der Waals surface area (Å²) in [5.74, 6) is -1.62. The minimum Gasteiger partial charge on any atom is -0.496 e. The lowest BCUT2D eigenvalue weighted by atomic mass is 10.1. The molecule has 1 aromatic rings. The third-order valence-corrected chi connectivity index (χ3v) is 2.64. The Morgan fingerprint density at radius 2 is 2.11 bits per heavy atom. The van der Waals surface area contributed by atoms with Gasteiger partial charge in [0.05, 0.1) is 7.11 Å². The smallest absolute Gasteiger partial charge is 0.346 e. The number of carbonyl (C=O) groups excluding carboxylic acids is 3. The second kappa shape index (κ2) is 6.53. The van der Waals surface area contributed by atoms with E-state index in [4.69, 9.17) is 4.74 Å². The summed E-state index contributed by atoms with van der Waals surface area (Å²) in [6, 6.07) is 3.78. The van der Waals surface area contributed by atoms with Crippen LogP contribution < -0.4 is 4.74 Å². The van der Waals surface area contributed by atoms with Crippen molar-refractivity contribution >= 4 is 35.1 Å². The molecule has 0 aliphatic heterocycles. The molecule has 0 amide bonds. The quantitative estimate of drug-likeness (QED) is 0.360. The van der Waals surface area contributed by atoms with Crippen LogP contribution in [-0.4, -0.2) is 25.1 Å². The Balaban J connectivity index is 3.17. The van der Waals surface area contributed by atoms with Gasteiger partial charge in [-0.05, 0) is 27.1 Å². The van der Waals surface area contributed by atoms with E-state index in [0.717, 1.165) is 6.07 Å². The lowest BCUT2D eigenvalue weighted by molar-refractivity contribution is -0.104. The zero-order valence-corrected chi connectivity index (χ0v) is 11.3. The molecule has 1 rings (SSSR count). The highest BCUT2D eigenvalue weighted by molar-refractivity contribution is 8.08. The Morgan fingerprint density at radius 1 is 1.44 bits per heavy atom. The van der Waals surface area contributed by atoms with Gasteiger partial charge in [0.15, 0.2) is 6.29 Å². The summed E-state index contributed by atoms with van der Waals surface area (Å²) >= 11 is 0. The average Bonchev–Trinajstić information content (AvgIpc) is 2.36. The first kappa shape index (κ1) is 14.7. The Kier molecular flexibility index (Phi) is 5.32. The van der Waals surface area contributed by atoms with Gasteiger partial charge in [0.1, 0.15) is 11.3 Å². The Labute approximate surface area is 106 Å². The van der Waals surface area contributed by atoms with Gasteiger partial charge in [-0.2, -0.15) is 4.20 Å². The van der Waals surface area contributed by atoms with E-state index in [2.05, 4.69) is 4.52 Å². The number of rotatable bonds is 5. The molecule has 96 valence electrons. The van der Waals surface area contributed by atoms with Crippen LogP contribution in [0.25, 0.3) is 0 Å².